The first-order valence-corrected chi connectivity index (χ1v) is 6.38. The lowest BCUT2D eigenvalue weighted by molar-refractivity contribution is 0.628. The smallest absolute Gasteiger partial charge is 0.125 e. The van der Waals surface area contributed by atoms with Gasteiger partial charge in [0, 0.05) is 17.3 Å². The van der Waals surface area contributed by atoms with Crippen molar-refractivity contribution in [1.82, 2.24) is 4.98 Å². The van der Waals surface area contributed by atoms with Crippen LogP contribution in [0.4, 0.5) is 21.5 Å². The summed E-state index contributed by atoms with van der Waals surface area (Å²) >= 11 is 6.06. The van der Waals surface area contributed by atoms with E-state index < -0.39 is 0 Å². The van der Waals surface area contributed by atoms with Crippen LogP contribution in [-0.2, 0) is 0 Å². The van der Waals surface area contributed by atoms with Gasteiger partial charge in [-0.15, -0.1) is 0 Å². The average Bonchev–Trinajstić information content (AvgIpc) is 2.44. The predicted molar refractivity (Wildman–Crippen MR) is 80.8 cm³/mol. The van der Waals surface area contributed by atoms with Gasteiger partial charge in [-0.25, -0.2) is 4.39 Å². The molecule has 0 aliphatic rings. The second-order valence-electron chi connectivity index (χ2n) is 4.35. The zero-order chi connectivity index (χ0) is 14.1. The third-order valence-electron chi connectivity index (χ3n) is 3.00. The first-order chi connectivity index (χ1) is 9.65. The van der Waals surface area contributed by atoms with Crippen LogP contribution in [0.5, 0.6) is 0 Å². The molecular formula is C15H11ClFN3. The molecule has 0 radical (unpaired) electrons. The number of para-hydroxylation sites is 1. The number of nitrogens with one attached hydrogen (secondary N) is 1. The first kappa shape index (κ1) is 12.7. The Morgan fingerprint density at radius 3 is 2.80 bits per heavy atom. The first-order valence-electron chi connectivity index (χ1n) is 6.00. The van der Waals surface area contributed by atoms with Gasteiger partial charge in [0.15, 0.2) is 0 Å². The van der Waals surface area contributed by atoms with Gasteiger partial charge in [-0.1, -0.05) is 23.7 Å². The molecule has 20 heavy (non-hydrogen) atoms. The lowest BCUT2D eigenvalue weighted by Gasteiger charge is -2.11. The van der Waals surface area contributed by atoms with Crippen molar-refractivity contribution in [3.8, 4) is 0 Å². The number of hydrogen-bond donors (Lipinski definition) is 2. The Hall–Kier alpha value is -2.33. The molecular weight excluding hydrogens is 277 g/mol. The van der Waals surface area contributed by atoms with Crippen LogP contribution < -0.4 is 11.1 Å². The average molecular weight is 288 g/mol. The molecule has 0 fully saturated rings. The highest BCUT2D eigenvalue weighted by Gasteiger charge is 2.07. The number of nitrogens with two attached hydrogens (primary N) is 1. The van der Waals surface area contributed by atoms with Crippen LogP contribution in [0.2, 0.25) is 5.02 Å². The summed E-state index contributed by atoms with van der Waals surface area (Å²) in [5.74, 6) is -0.352. The molecule has 3 aromatic rings. The fourth-order valence-corrected chi connectivity index (χ4v) is 2.21. The van der Waals surface area contributed by atoms with Crippen molar-refractivity contribution < 1.29 is 4.39 Å². The molecule has 5 heteroatoms. The van der Waals surface area contributed by atoms with Crippen molar-refractivity contribution in [3.05, 3.63) is 59.5 Å². The maximum atomic E-state index is 13.3. The summed E-state index contributed by atoms with van der Waals surface area (Å²) in [5.41, 5.74) is 8.46. The predicted octanol–water partition coefficient (Wildman–Crippen LogP) is 4.35. The van der Waals surface area contributed by atoms with Crippen LogP contribution in [0.3, 0.4) is 0 Å². The molecule has 1 heterocycles. The van der Waals surface area contributed by atoms with Crippen LogP contribution in [0.25, 0.3) is 10.9 Å². The minimum atomic E-state index is -0.352. The zero-order valence-electron chi connectivity index (χ0n) is 10.4. The second kappa shape index (κ2) is 4.98. The van der Waals surface area contributed by atoms with Crippen molar-refractivity contribution in [2.24, 2.45) is 0 Å². The summed E-state index contributed by atoms with van der Waals surface area (Å²) in [6.45, 7) is 0. The molecule has 0 aliphatic heterocycles. The molecule has 0 spiro atoms. The summed E-state index contributed by atoms with van der Waals surface area (Å²) in [6.07, 6.45) is 1.65. The van der Waals surface area contributed by atoms with Gasteiger partial charge in [0.25, 0.3) is 0 Å². The molecule has 0 atom stereocenters. The zero-order valence-corrected chi connectivity index (χ0v) is 11.2. The number of rotatable bonds is 2. The van der Waals surface area contributed by atoms with Gasteiger partial charge in [-0.2, -0.15) is 0 Å². The quantitative estimate of drug-likeness (QED) is 0.689. The Balaban J connectivity index is 2.11. The Labute approximate surface area is 120 Å². The molecule has 1 aromatic heterocycles. The van der Waals surface area contributed by atoms with Gasteiger partial charge in [-0.3, -0.25) is 4.98 Å². The monoisotopic (exact) mass is 287 g/mol. The van der Waals surface area contributed by atoms with E-state index in [1.54, 1.807) is 18.3 Å². The normalized spacial score (nSPS) is 10.7. The molecule has 3 N–H and O–H groups in total. The third-order valence-corrected chi connectivity index (χ3v) is 3.33. The number of anilines is 3. The molecule has 2 aromatic carbocycles. The molecule has 0 saturated heterocycles. The summed E-state index contributed by atoms with van der Waals surface area (Å²) < 4.78 is 13.3. The number of hydrogen-bond acceptors (Lipinski definition) is 3. The lowest BCUT2D eigenvalue weighted by Crippen LogP contribution is -1.96. The van der Waals surface area contributed by atoms with Crippen LogP contribution >= 0.6 is 11.6 Å². The van der Waals surface area contributed by atoms with E-state index in [0.29, 0.717) is 21.9 Å². The fraction of sp³-hybridized carbons (Fsp3) is 0. The van der Waals surface area contributed by atoms with Crippen LogP contribution in [0, 0.1) is 5.82 Å². The second-order valence-corrected chi connectivity index (χ2v) is 4.76. The molecule has 3 nitrogen and oxygen atoms in total. The summed E-state index contributed by atoms with van der Waals surface area (Å²) in [4.78, 5) is 4.25. The highest BCUT2D eigenvalue weighted by atomic mass is 35.5. The Morgan fingerprint density at radius 1 is 1.10 bits per heavy atom. The highest BCUT2D eigenvalue weighted by Crippen LogP contribution is 2.31. The minimum Gasteiger partial charge on any atom is -0.397 e. The number of halogens is 2. The van der Waals surface area contributed by atoms with Gasteiger partial charge in [0.2, 0.25) is 0 Å². The number of pyridine rings is 1. The molecule has 100 valence electrons. The van der Waals surface area contributed by atoms with Gasteiger partial charge in [0.1, 0.15) is 5.82 Å². The van der Waals surface area contributed by atoms with E-state index in [1.165, 1.54) is 18.2 Å². The molecule has 0 amide bonds. The standard InChI is InChI=1S/C15H11ClFN3/c16-11-5-4-9(17)8-14(11)20-13-6-7-19-15-10(13)2-1-3-12(15)18/h1-8H,18H2,(H,19,20). The summed E-state index contributed by atoms with van der Waals surface area (Å²) in [5, 5.41) is 4.41. The number of benzene rings is 2. The number of nitrogens with zero attached hydrogens (tertiary/aromatic N) is 1. The van der Waals surface area contributed by atoms with Gasteiger partial charge < -0.3 is 11.1 Å². The van der Waals surface area contributed by atoms with Gasteiger partial charge in [0.05, 0.1) is 21.9 Å². The van der Waals surface area contributed by atoms with E-state index in [-0.39, 0.29) is 5.82 Å². The lowest BCUT2D eigenvalue weighted by atomic mass is 10.1. The Morgan fingerprint density at radius 2 is 1.95 bits per heavy atom. The molecule has 0 saturated carbocycles. The van der Waals surface area contributed by atoms with E-state index in [4.69, 9.17) is 17.3 Å². The number of fused-ring (bicyclic) bond motifs is 1. The van der Waals surface area contributed by atoms with Crippen molar-refractivity contribution in [3.63, 3.8) is 0 Å². The summed E-state index contributed by atoms with van der Waals surface area (Å²) in [7, 11) is 0. The van der Waals surface area contributed by atoms with Crippen LogP contribution in [0.1, 0.15) is 0 Å². The third kappa shape index (κ3) is 2.26. The molecule has 0 bridgehead atoms. The molecule has 0 aliphatic carbocycles. The van der Waals surface area contributed by atoms with Crippen LogP contribution in [-0.4, -0.2) is 4.98 Å². The largest absolute Gasteiger partial charge is 0.397 e. The fourth-order valence-electron chi connectivity index (χ4n) is 2.05. The van der Waals surface area contributed by atoms with E-state index in [9.17, 15) is 4.39 Å². The summed E-state index contributed by atoms with van der Waals surface area (Å²) in [6, 6.07) is 11.5. The number of nitrogen functional groups attached to an aromatic ring is 1. The van der Waals surface area contributed by atoms with E-state index >= 15 is 0 Å². The topological polar surface area (TPSA) is 50.9 Å². The molecule has 3 rings (SSSR count). The Kier molecular flexibility index (Phi) is 3.16. The SMILES string of the molecule is Nc1cccc2c(Nc3cc(F)ccc3Cl)ccnc12. The Bertz CT molecular complexity index is 789. The van der Waals surface area contributed by atoms with Crippen LogP contribution in [0.15, 0.2) is 48.7 Å². The number of aromatic nitrogens is 1. The van der Waals surface area contributed by atoms with E-state index in [2.05, 4.69) is 10.3 Å². The maximum absolute atomic E-state index is 13.3. The van der Waals surface area contributed by atoms with Crippen molar-refractivity contribution in [1.29, 1.82) is 0 Å². The van der Waals surface area contributed by atoms with E-state index in [0.717, 1.165) is 11.1 Å². The minimum absolute atomic E-state index is 0.352. The van der Waals surface area contributed by atoms with Gasteiger partial charge >= 0.3 is 0 Å². The van der Waals surface area contributed by atoms with Gasteiger partial charge in [-0.05, 0) is 30.3 Å². The van der Waals surface area contributed by atoms with Crippen molar-refractivity contribution in [2.75, 3.05) is 11.1 Å². The van der Waals surface area contributed by atoms with Crippen molar-refractivity contribution in [2.45, 2.75) is 0 Å². The van der Waals surface area contributed by atoms with Crippen molar-refractivity contribution >= 4 is 39.6 Å². The van der Waals surface area contributed by atoms with E-state index in [1.807, 2.05) is 12.1 Å². The highest BCUT2D eigenvalue weighted by molar-refractivity contribution is 6.33. The maximum Gasteiger partial charge on any atom is 0.125 e. The molecule has 0 unspecified atom stereocenters.